The van der Waals surface area contributed by atoms with E-state index in [1.54, 1.807) is 11.0 Å². The summed E-state index contributed by atoms with van der Waals surface area (Å²) in [7, 11) is 0. The van der Waals surface area contributed by atoms with E-state index in [1.165, 1.54) is 11.3 Å². The van der Waals surface area contributed by atoms with Crippen molar-refractivity contribution < 1.29 is 9.90 Å². The Bertz CT molecular complexity index is 391. The highest BCUT2D eigenvalue weighted by atomic mass is 32.1. The molecule has 0 spiro atoms. The molecule has 1 aliphatic heterocycles. The molecule has 5 heteroatoms. The zero-order valence-electron chi connectivity index (χ0n) is 9.22. The molecule has 0 saturated carbocycles. The maximum Gasteiger partial charge on any atom is 0.266 e. The minimum Gasteiger partial charge on any atom is -0.397 e. The average molecular weight is 240 g/mol. The van der Waals surface area contributed by atoms with E-state index in [2.05, 4.69) is 6.92 Å². The summed E-state index contributed by atoms with van der Waals surface area (Å²) in [5.41, 5.74) is 6.26. The van der Waals surface area contributed by atoms with Crippen molar-refractivity contribution in [3.8, 4) is 0 Å². The summed E-state index contributed by atoms with van der Waals surface area (Å²) in [5, 5.41) is 11.1. The van der Waals surface area contributed by atoms with Gasteiger partial charge in [-0.25, -0.2) is 0 Å². The summed E-state index contributed by atoms with van der Waals surface area (Å²) < 4.78 is 0. The fraction of sp³-hybridized carbons (Fsp3) is 0.545. The van der Waals surface area contributed by atoms with Crippen LogP contribution in [0.5, 0.6) is 0 Å². The molecule has 16 heavy (non-hydrogen) atoms. The maximum absolute atomic E-state index is 12.2. The van der Waals surface area contributed by atoms with Crippen molar-refractivity contribution in [3.63, 3.8) is 0 Å². The number of rotatable bonds is 2. The second-order valence-electron chi connectivity index (χ2n) is 4.22. The summed E-state index contributed by atoms with van der Waals surface area (Å²) >= 11 is 1.36. The summed E-state index contributed by atoms with van der Waals surface area (Å²) in [5.74, 6) is 0.311. The van der Waals surface area contributed by atoms with Gasteiger partial charge in [-0.2, -0.15) is 0 Å². The first-order chi connectivity index (χ1) is 7.65. The van der Waals surface area contributed by atoms with Crippen molar-refractivity contribution in [3.05, 3.63) is 16.3 Å². The molecule has 0 radical (unpaired) electrons. The van der Waals surface area contributed by atoms with Crippen LogP contribution in [0.4, 0.5) is 5.69 Å². The van der Waals surface area contributed by atoms with Gasteiger partial charge in [-0.3, -0.25) is 4.79 Å². The SMILES string of the molecule is CC1CCN(C(=O)c2sccc2N)C1CO. The molecule has 2 unspecified atom stereocenters. The first-order valence-electron chi connectivity index (χ1n) is 5.40. The van der Waals surface area contributed by atoms with E-state index in [9.17, 15) is 9.90 Å². The molecule has 1 fully saturated rings. The molecule has 3 N–H and O–H groups in total. The molecule has 2 atom stereocenters. The lowest BCUT2D eigenvalue weighted by atomic mass is 10.0. The van der Waals surface area contributed by atoms with Gasteiger partial charge in [0.25, 0.3) is 5.91 Å². The van der Waals surface area contributed by atoms with E-state index < -0.39 is 0 Å². The lowest BCUT2D eigenvalue weighted by Gasteiger charge is -2.24. The van der Waals surface area contributed by atoms with Gasteiger partial charge in [0, 0.05) is 6.54 Å². The third-order valence-corrected chi connectivity index (χ3v) is 4.14. The van der Waals surface area contributed by atoms with Gasteiger partial charge in [-0.05, 0) is 23.8 Å². The highest BCUT2D eigenvalue weighted by Gasteiger charge is 2.35. The largest absolute Gasteiger partial charge is 0.397 e. The zero-order valence-corrected chi connectivity index (χ0v) is 10.0. The molecule has 1 saturated heterocycles. The van der Waals surface area contributed by atoms with Crippen molar-refractivity contribution >= 4 is 22.9 Å². The quantitative estimate of drug-likeness (QED) is 0.815. The van der Waals surface area contributed by atoms with Crippen LogP contribution < -0.4 is 5.73 Å². The minimum absolute atomic E-state index is 0.0260. The predicted octanol–water partition coefficient (Wildman–Crippen LogP) is 1.17. The minimum atomic E-state index is -0.0611. The Morgan fingerprint density at radius 2 is 2.50 bits per heavy atom. The number of nitrogen functional groups attached to an aromatic ring is 1. The molecule has 1 aliphatic rings. The second kappa shape index (κ2) is 4.43. The van der Waals surface area contributed by atoms with Crippen LogP contribution in [0.2, 0.25) is 0 Å². The van der Waals surface area contributed by atoms with Gasteiger partial charge in [0.1, 0.15) is 4.88 Å². The molecule has 0 bridgehead atoms. The van der Waals surface area contributed by atoms with E-state index >= 15 is 0 Å². The van der Waals surface area contributed by atoms with E-state index in [1.807, 2.05) is 5.38 Å². The van der Waals surface area contributed by atoms with Gasteiger partial charge in [0.05, 0.1) is 18.3 Å². The van der Waals surface area contributed by atoms with E-state index in [0.29, 0.717) is 23.0 Å². The number of amides is 1. The van der Waals surface area contributed by atoms with Crippen molar-refractivity contribution in [1.29, 1.82) is 0 Å². The Morgan fingerprint density at radius 3 is 3.06 bits per heavy atom. The lowest BCUT2D eigenvalue weighted by Crippen LogP contribution is -2.39. The first-order valence-corrected chi connectivity index (χ1v) is 6.28. The topological polar surface area (TPSA) is 66.6 Å². The number of anilines is 1. The van der Waals surface area contributed by atoms with Crippen LogP contribution in [-0.2, 0) is 0 Å². The van der Waals surface area contributed by atoms with Gasteiger partial charge < -0.3 is 15.7 Å². The molecule has 2 heterocycles. The molecule has 1 amide bonds. The van der Waals surface area contributed by atoms with E-state index in [4.69, 9.17) is 5.73 Å². The number of hydrogen-bond acceptors (Lipinski definition) is 4. The second-order valence-corrected chi connectivity index (χ2v) is 5.14. The number of likely N-dealkylation sites (tertiary alicyclic amines) is 1. The molecule has 1 aromatic rings. The number of aliphatic hydroxyl groups is 1. The Balaban J connectivity index is 2.20. The van der Waals surface area contributed by atoms with Gasteiger partial charge in [0.15, 0.2) is 0 Å². The Labute approximate surface area is 98.7 Å². The monoisotopic (exact) mass is 240 g/mol. The molecular weight excluding hydrogens is 224 g/mol. The summed E-state index contributed by atoms with van der Waals surface area (Å²) in [6.45, 7) is 2.80. The molecule has 2 rings (SSSR count). The van der Waals surface area contributed by atoms with Crippen LogP contribution in [0.15, 0.2) is 11.4 Å². The number of nitrogens with two attached hydrogens (primary N) is 1. The smallest absolute Gasteiger partial charge is 0.266 e. The number of nitrogens with zero attached hydrogens (tertiary/aromatic N) is 1. The van der Waals surface area contributed by atoms with Gasteiger partial charge >= 0.3 is 0 Å². The van der Waals surface area contributed by atoms with Crippen LogP contribution in [0, 0.1) is 5.92 Å². The van der Waals surface area contributed by atoms with Crippen molar-refractivity contribution in [2.45, 2.75) is 19.4 Å². The third-order valence-electron chi connectivity index (χ3n) is 3.22. The number of carbonyl (C=O) groups excluding carboxylic acids is 1. The number of thiophene rings is 1. The average Bonchev–Trinajstić information content (AvgIpc) is 2.83. The molecule has 0 aromatic carbocycles. The maximum atomic E-state index is 12.2. The number of hydrogen-bond donors (Lipinski definition) is 2. The first kappa shape index (κ1) is 11.4. The van der Waals surface area contributed by atoms with E-state index in [-0.39, 0.29) is 18.6 Å². The molecular formula is C11H16N2O2S. The van der Waals surface area contributed by atoms with Crippen molar-refractivity contribution in [2.24, 2.45) is 5.92 Å². The molecule has 88 valence electrons. The summed E-state index contributed by atoms with van der Waals surface area (Å²) in [4.78, 5) is 14.5. The van der Waals surface area contributed by atoms with Crippen LogP contribution in [0.3, 0.4) is 0 Å². The highest BCUT2D eigenvalue weighted by Crippen LogP contribution is 2.28. The summed E-state index contributed by atoms with van der Waals surface area (Å²) in [6.07, 6.45) is 0.947. The number of carbonyl (C=O) groups is 1. The number of aliphatic hydroxyl groups excluding tert-OH is 1. The van der Waals surface area contributed by atoms with Crippen LogP contribution >= 0.6 is 11.3 Å². The van der Waals surface area contributed by atoms with Crippen molar-refractivity contribution in [1.82, 2.24) is 4.90 Å². The zero-order chi connectivity index (χ0) is 11.7. The lowest BCUT2D eigenvalue weighted by molar-refractivity contribution is 0.0654. The fourth-order valence-electron chi connectivity index (χ4n) is 2.16. The Morgan fingerprint density at radius 1 is 1.75 bits per heavy atom. The van der Waals surface area contributed by atoms with Crippen LogP contribution in [-0.4, -0.2) is 35.1 Å². The fourth-order valence-corrected chi connectivity index (χ4v) is 2.94. The molecule has 1 aromatic heterocycles. The Kier molecular flexibility index (Phi) is 3.16. The highest BCUT2D eigenvalue weighted by molar-refractivity contribution is 7.12. The van der Waals surface area contributed by atoms with Crippen LogP contribution in [0.25, 0.3) is 0 Å². The predicted molar refractivity (Wildman–Crippen MR) is 64.4 cm³/mol. The molecule has 0 aliphatic carbocycles. The molecule has 4 nitrogen and oxygen atoms in total. The van der Waals surface area contributed by atoms with Gasteiger partial charge in [0.2, 0.25) is 0 Å². The Hall–Kier alpha value is -1.07. The van der Waals surface area contributed by atoms with Crippen molar-refractivity contribution in [2.75, 3.05) is 18.9 Å². The van der Waals surface area contributed by atoms with Crippen LogP contribution in [0.1, 0.15) is 23.0 Å². The third kappa shape index (κ3) is 1.81. The normalized spacial score (nSPS) is 25.0. The summed E-state index contributed by atoms with van der Waals surface area (Å²) in [6, 6.07) is 1.68. The van der Waals surface area contributed by atoms with Gasteiger partial charge in [-0.1, -0.05) is 6.92 Å². The standard InChI is InChI=1S/C11H16N2O2S/c1-7-2-4-13(9(7)6-14)11(15)10-8(12)3-5-16-10/h3,5,7,9,14H,2,4,6,12H2,1H3. The van der Waals surface area contributed by atoms with E-state index in [0.717, 1.165) is 6.42 Å². The van der Waals surface area contributed by atoms with Gasteiger partial charge in [-0.15, -0.1) is 11.3 Å².